The largest absolute Gasteiger partial charge is 0.422 e. The predicted octanol–water partition coefficient (Wildman–Crippen LogP) is 2.76. The van der Waals surface area contributed by atoms with E-state index in [0.717, 1.165) is 47.7 Å². The van der Waals surface area contributed by atoms with Crippen LogP contribution in [0.4, 0.5) is 5.69 Å². The van der Waals surface area contributed by atoms with Crippen LogP contribution in [0.25, 0.3) is 27.9 Å². The number of hydrogen-bond acceptors (Lipinski definition) is 7. The van der Waals surface area contributed by atoms with Gasteiger partial charge in [-0.25, -0.2) is 9.78 Å². The van der Waals surface area contributed by atoms with Gasteiger partial charge in [0.1, 0.15) is 5.58 Å². The van der Waals surface area contributed by atoms with E-state index in [1.54, 1.807) is 0 Å². The Kier molecular flexibility index (Phi) is 4.74. The van der Waals surface area contributed by atoms with Gasteiger partial charge >= 0.3 is 5.63 Å². The van der Waals surface area contributed by atoms with Crippen molar-refractivity contribution < 1.29 is 9.52 Å². The maximum Gasteiger partial charge on any atom is 0.345 e. The number of anilines is 1. The molecule has 1 unspecified atom stereocenters. The van der Waals surface area contributed by atoms with Crippen LogP contribution >= 0.6 is 0 Å². The Morgan fingerprint density at radius 3 is 2.70 bits per heavy atom. The highest BCUT2D eigenvalue weighted by Crippen LogP contribution is 2.29. The molecule has 0 aliphatic carbocycles. The van der Waals surface area contributed by atoms with E-state index in [4.69, 9.17) is 4.42 Å². The van der Waals surface area contributed by atoms with Gasteiger partial charge in [-0.15, -0.1) is 0 Å². The first-order valence-electron chi connectivity index (χ1n) is 11.5. The molecular formula is C25H27N5O3. The lowest BCUT2D eigenvalue weighted by molar-refractivity contribution is 0.0986. The number of fused-ring (bicyclic) bond motifs is 2. The zero-order valence-corrected chi connectivity index (χ0v) is 18.9. The zero-order chi connectivity index (χ0) is 22.7. The van der Waals surface area contributed by atoms with Crippen LogP contribution in [0.15, 0.2) is 45.9 Å². The van der Waals surface area contributed by atoms with E-state index in [2.05, 4.69) is 19.8 Å². The van der Waals surface area contributed by atoms with E-state index in [9.17, 15) is 9.90 Å². The van der Waals surface area contributed by atoms with E-state index in [0.29, 0.717) is 23.4 Å². The Morgan fingerprint density at radius 2 is 1.88 bits per heavy atom. The monoisotopic (exact) mass is 445 g/mol. The van der Waals surface area contributed by atoms with Gasteiger partial charge in [0.2, 0.25) is 0 Å². The molecule has 1 aromatic carbocycles. The Labute approximate surface area is 191 Å². The van der Waals surface area contributed by atoms with Crippen LogP contribution in [-0.2, 0) is 0 Å². The van der Waals surface area contributed by atoms with Gasteiger partial charge in [0.25, 0.3) is 0 Å². The van der Waals surface area contributed by atoms with E-state index >= 15 is 0 Å². The second-order valence-corrected chi connectivity index (χ2v) is 9.28. The summed E-state index contributed by atoms with van der Waals surface area (Å²) in [7, 11) is 0. The average Bonchev–Trinajstić information content (AvgIpc) is 3.52. The van der Waals surface area contributed by atoms with Gasteiger partial charge in [-0.2, -0.15) is 0 Å². The highest BCUT2D eigenvalue weighted by atomic mass is 16.4. The number of rotatable bonds is 3. The lowest BCUT2D eigenvalue weighted by Gasteiger charge is -2.25. The Morgan fingerprint density at radius 1 is 1.06 bits per heavy atom. The fraction of sp³-hybridized carbons (Fsp3) is 0.400. The van der Waals surface area contributed by atoms with Crippen LogP contribution in [-0.4, -0.2) is 62.7 Å². The quantitative estimate of drug-likeness (QED) is 0.485. The second kappa shape index (κ2) is 7.67. The normalized spacial score (nSPS) is 21.6. The summed E-state index contributed by atoms with van der Waals surface area (Å²) in [6, 6.07) is 7.91. The molecule has 0 bridgehead atoms. The fourth-order valence-corrected chi connectivity index (χ4v) is 5.32. The Hall–Kier alpha value is -3.23. The van der Waals surface area contributed by atoms with Gasteiger partial charge in [0.15, 0.2) is 5.65 Å². The Bertz CT molecular complexity index is 1420. The molecular weight excluding hydrogens is 418 g/mol. The molecule has 0 radical (unpaired) electrons. The van der Waals surface area contributed by atoms with Gasteiger partial charge in [-0.1, -0.05) is 0 Å². The number of benzene rings is 1. The molecule has 2 fully saturated rings. The van der Waals surface area contributed by atoms with Crippen LogP contribution < -0.4 is 10.5 Å². The summed E-state index contributed by atoms with van der Waals surface area (Å²) in [6.07, 6.45) is 5.77. The number of likely N-dealkylation sites (tertiary alicyclic amines) is 1. The van der Waals surface area contributed by atoms with Crippen LogP contribution in [0.2, 0.25) is 0 Å². The van der Waals surface area contributed by atoms with Crippen LogP contribution in [0.5, 0.6) is 0 Å². The summed E-state index contributed by atoms with van der Waals surface area (Å²) in [5.41, 5.74) is 4.52. The van der Waals surface area contributed by atoms with Crippen molar-refractivity contribution in [2.24, 2.45) is 0 Å². The molecule has 0 spiro atoms. The molecule has 2 atom stereocenters. The summed E-state index contributed by atoms with van der Waals surface area (Å²) < 4.78 is 7.63. The van der Waals surface area contributed by atoms with E-state index in [-0.39, 0.29) is 12.1 Å². The van der Waals surface area contributed by atoms with Crippen molar-refractivity contribution in [1.82, 2.24) is 19.3 Å². The molecule has 0 saturated carbocycles. The first-order chi connectivity index (χ1) is 16.0. The van der Waals surface area contributed by atoms with Crippen molar-refractivity contribution in [3.63, 3.8) is 0 Å². The Balaban J connectivity index is 1.33. The predicted molar refractivity (Wildman–Crippen MR) is 127 cm³/mol. The molecule has 5 heterocycles. The number of β-amino-alcohol motifs (C(OH)–C–C–N with tert-alkyl or cyclic N) is 1. The minimum absolute atomic E-state index is 0.161. The molecule has 6 rings (SSSR count). The van der Waals surface area contributed by atoms with Crippen LogP contribution in [0.1, 0.15) is 24.2 Å². The number of aliphatic hydroxyl groups is 1. The number of aromatic nitrogens is 3. The van der Waals surface area contributed by atoms with Crippen LogP contribution in [0, 0.1) is 13.8 Å². The van der Waals surface area contributed by atoms with Crippen molar-refractivity contribution in [2.75, 3.05) is 31.1 Å². The third kappa shape index (κ3) is 3.50. The topological polar surface area (TPSA) is 87.1 Å². The molecule has 8 nitrogen and oxygen atoms in total. The molecule has 1 N–H and O–H groups in total. The standard InChI is InChI=1S/C25H27N5O3/c1-15-11-30-12-20(27-24(30)16(2)26-15)19-9-17-5-6-18(10-23(17)33-25(19)32)29-13-21(22(31)14-29)28-7-3-4-8-28/h5-6,9-12,21-22,31H,3-4,7-8,13-14H2,1-2H3/t21-,22?/m0/s1. The summed E-state index contributed by atoms with van der Waals surface area (Å²) in [6.45, 7) is 7.33. The van der Waals surface area contributed by atoms with Gasteiger partial charge in [-0.3, -0.25) is 9.88 Å². The molecule has 2 saturated heterocycles. The third-order valence-corrected chi connectivity index (χ3v) is 6.96. The number of hydrogen-bond donors (Lipinski definition) is 1. The SMILES string of the molecule is Cc1cn2cc(-c3cc4ccc(N5CC(O)[C@@H](N6CCCC6)C5)cc4oc3=O)nc2c(C)n1. The molecule has 33 heavy (non-hydrogen) atoms. The molecule has 0 amide bonds. The van der Waals surface area contributed by atoms with Crippen molar-refractivity contribution in [3.8, 4) is 11.3 Å². The average molecular weight is 446 g/mol. The highest BCUT2D eigenvalue weighted by Gasteiger charge is 2.36. The minimum Gasteiger partial charge on any atom is -0.422 e. The van der Waals surface area contributed by atoms with Gasteiger partial charge in [-0.05, 0) is 58.0 Å². The number of nitrogens with zero attached hydrogens (tertiary/aromatic N) is 5. The summed E-state index contributed by atoms with van der Waals surface area (Å²) in [5, 5.41) is 11.5. The smallest absolute Gasteiger partial charge is 0.345 e. The van der Waals surface area contributed by atoms with Crippen molar-refractivity contribution in [3.05, 3.63) is 58.5 Å². The van der Waals surface area contributed by atoms with Gasteiger partial charge < -0.3 is 18.8 Å². The molecule has 4 aromatic rings. The lowest BCUT2D eigenvalue weighted by atomic mass is 10.1. The zero-order valence-electron chi connectivity index (χ0n) is 18.9. The van der Waals surface area contributed by atoms with Gasteiger partial charge in [0, 0.05) is 42.6 Å². The first-order valence-corrected chi connectivity index (χ1v) is 11.5. The molecule has 170 valence electrons. The number of aryl methyl sites for hydroxylation is 2. The van der Waals surface area contributed by atoms with Crippen LogP contribution in [0.3, 0.4) is 0 Å². The molecule has 2 aliphatic heterocycles. The molecule has 2 aliphatic rings. The molecule has 8 heteroatoms. The number of aliphatic hydroxyl groups excluding tert-OH is 1. The summed E-state index contributed by atoms with van der Waals surface area (Å²) in [5.74, 6) is 0. The van der Waals surface area contributed by atoms with Crippen molar-refractivity contribution in [2.45, 2.75) is 38.8 Å². The van der Waals surface area contributed by atoms with E-state index in [1.165, 1.54) is 12.8 Å². The third-order valence-electron chi connectivity index (χ3n) is 6.96. The second-order valence-electron chi connectivity index (χ2n) is 9.28. The minimum atomic E-state index is -0.415. The highest BCUT2D eigenvalue weighted by molar-refractivity contribution is 5.84. The van der Waals surface area contributed by atoms with Gasteiger partial charge in [0.05, 0.1) is 34.8 Å². The lowest BCUT2D eigenvalue weighted by Crippen LogP contribution is -2.41. The maximum atomic E-state index is 12.9. The van der Waals surface area contributed by atoms with Crippen molar-refractivity contribution >= 4 is 22.3 Å². The van der Waals surface area contributed by atoms with Crippen molar-refractivity contribution in [1.29, 1.82) is 0 Å². The number of imidazole rings is 1. The maximum absolute atomic E-state index is 12.9. The van der Waals surface area contributed by atoms with E-state index in [1.807, 2.05) is 54.9 Å². The summed E-state index contributed by atoms with van der Waals surface area (Å²) >= 11 is 0. The first kappa shape index (κ1) is 20.4. The molecule has 3 aromatic heterocycles. The fourth-order valence-electron chi connectivity index (χ4n) is 5.32. The van der Waals surface area contributed by atoms with E-state index < -0.39 is 5.63 Å². The summed E-state index contributed by atoms with van der Waals surface area (Å²) in [4.78, 5) is 26.5.